The number of carboxylic acid groups (broad SMARTS) is 2. The molecule has 7 heteroatoms. The Morgan fingerprint density at radius 3 is 2.57 bits per heavy atom. The van der Waals surface area contributed by atoms with Crippen LogP contribution in [0.2, 0.25) is 0 Å². The summed E-state index contributed by atoms with van der Waals surface area (Å²) in [7, 11) is 0. The Balaban J connectivity index is 2.17. The van der Waals surface area contributed by atoms with E-state index in [2.05, 4.69) is 4.98 Å². The first-order valence-electron chi connectivity index (χ1n) is 6.64. The van der Waals surface area contributed by atoms with E-state index in [0.29, 0.717) is 5.52 Å². The Morgan fingerprint density at radius 2 is 1.95 bits per heavy atom. The Morgan fingerprint density at radius 1 is 1.24 bits per heavy atom. The van der Waals surface area contributed by atoms with Crippen molar-refractivity contribution in [1.29, 1.82) is 0 Å². The molecule has 2 N–H and O–H groups in total. The van der Waals surface area contributed by atoms with Gasteiger partial charge in [0.1, 0.15) is 5.82 Å². The first-order chi connectivity index (χ1) is 10.1. The molecule has 21 heavy (non-hydrogen) atoms. The Bertz CT molecular complexity index is 719. The van der Waals surface area contributed by atoms with Gasteiger partial charge in [-0.2, -0.15) is 11.8 Å². The summed E-state index contributed by atoms with van der Waals surface area (Å²) in [6, 6.07) is 2.85. The Kier molecular flexibility index (Phi) is 3.59. The van der Waals surface area contributed by atoms with E-state index in [1.165, 1.54) is 12.1 Å². The number of thioether (sulfide) groups is 1. The van der Waals surface area contributed by atoms with E-state index in [0.717, 1.165) is 30.2 Å². The second-order valence-corrected chi connectivity index (χ2v) is 6.21. The Hall–Kier alpha value is -2.02. The van der Waals surface area contributed by atoms with Crippen molar-refractivity contribution >= 4 is 29.2 Å². The van der Waals surface area contributed by atoms with E-state index in [1.807, 2.05) is 11.8 Å². The van der Waals surface area contributed by atoms with Gasteiger partial charge in [-0.3, -0.25) is 0 Å². The molecule has 3 heterocycles. The highest BCUT2D eigenvalue weighted by Gasteiger charge is 2.25. The predicted octanol–water partition coefficient (Wildman–Crippen LogP) is 2.34. The van der Waals surface area contributed by atoms with Gasteiger partial charge in [0.15, 0.2) is 5.69 Å². The maximum Gasteiger partial charge on any atom is 0.356 e. The summed E-state index contributed by atoms with van der Waals surface area (Å²) in [5.41, 5.74) is 0.331. The fourth-order valence-corrected chi connectivity index (χ4v) is 3.75. The summed E-state index contributed by atoms with van der Waals surface area (Å²) in [5.74, 6) is 0.809. The SMILES string of the molecule is O=C(O)c1ccn2c(C3CCSCC3)nc(C(=O)O)c2c1. The number of nitrogens with zero attached hydrogens (tertiary/aromatic N) is 2. The van der Waals surface area contributed by atoms with Crippen LogP contribution in [0.15, 0.2) is 18.3 Å². The third-order valence-electron chi connectivity index (χ3n) is 3.71. The molecule has 2 aromatic rings. The highest BCUT2D eigenvalue weighted by atomic mass is 32.2. The molecule has 3 rings (SSSR count). The van der Waals surface area contributed by atoms with Gasteiger partial charge in [0.2, 0.25) is 0 Å². The number of imidazole rings is 1. The summed E-state index contributed by atoms with van der Waals surface area (Å²) < 4.78 is 1.72. The van der Waals surface area contributed by atoms with E-state index in [9.17, 15) is 14.7 Å². The normalized spacial score (nSPS) is 16.2. The van der Waals surface area contributed by atoms with Crippen molar-refractivity contribution in [3.63, 3.8) is 0 Å². The average Bonchev–Trinajstić information content (AvgIpc) is 2.87. The Labute approximate surface area is 124 Å². The number of carboxylic acids is 2. The quantitative estimate of drug-likeness (QED) is 0.904. The van der Waals surface area contributed by atoms with Gasteiger partial charge < -0.3 is 14.6 Å². The zero-order valence-electron chi connectivity index (χ0n) is 11.2. The lowest BCUT2D eigenvalue weighted by Gasteiger charge is -2.20. The molecule has 0 amide bonds. The third kappa shape index (κ3) is 2.49. The van der Waals surface area contributed by atoms with Crippen LogP contribution >= 0.6 is 11.8 Å². The summed E-state index contributed by atoms with van der Waals surface area (Å²) in [4.78, 5) is 26.7. The molecule has 0 saturated carbocycles. The van der Waals surface area contributed by atoms with Gasteiger partial charge in [-0.1, -0.05) is 0 Å². The van der Waals surface area contributed by atoms with Crippen molar-refractivity contribution in [2.75, 3.05) is 11.5 Å². The van der Waals surface area contributed by atoms with E-state index in [-0.39, 0.29) is 17.2 Å². The van der Waals surface area contributed by atoms with Gasteiger partial charge in [-0.15, -0.1) is 0 Å². The number of pyridine rings is 1. The number of rotatable bonds is 3. The molecule has 0 radical (unpaired) electrons. The summed E-state index contributed by atoms with van der Waals surface area (Å²) in [5, 5.41) is 18.3. The zero-order chi connectivity index (χ0) is 15.0. The van der Waals surface area contributed by atoms with Crippen molar-refractivity contribution in [2.24, 2.45) is 0 Å². The number of hydrogen-bond donors (Lipinski definition) is 2. The molecule has 110 valence electrons. The predicted molar refractivity (Wildman–Crippen MR) is 78.4 cm³/mol. The van der Waals surface area contributed by atoms with Crippen molar-refractivity contribution < 1.29 is 19.8 Å². The second kappa shape index (κ2) is 5.40. The van der Waals surface area contributed by atoms with Crippen LogP contribution in [0.4, 0.5) is 0 Å². The van der Waals surface area contributed by atoms with Crippen molar-refractivity contribution in [2.45, 2.75) is 18.8 Å². The molecule has 0 atom stereocenters. The summed E-state index contributed by atoms with van der Waals surface area (Å²) >= 11 is 1.89. The monoisotopic (exact) mass is 306 g/mol. The smallest absolute Gasteiger partial charge is 0.356 e. The molecular weight excluding hydrogens is 292 g/mol. The molecular formula is C14H14N2O4S. The third-order valence-corrected chi connectivity index (χ3v) is 4.76. The molecule has 1 saturated heterocycles. The van der Waals surface area contributed by atoms with Gasteiger partial charge in [0.05, 0.1) is 11.1 Å². The fourth-order valence-electron chi connectivity index (χ4n) is 2.64. The highest BCUT2D eigenvalue weighted by molar-refractivity contribution is 7.99. The van der Waals surface area contributed by atoms with Gasteiger partial charge in [0.25, 0.3) is 0 Å². The molecule has 1 fully saturated rings. The maximum atomic E-state index is 11.4. The van der Waals surface area contributed by atoms with Crippen LogP contribution in [-0.4, -0.2) is 43.0 Å². The minimum Gasteiger partial charge on any atom is -0.478 e. The van der Waals surface area contributed by atoms with Crippen LogP contribution in [0.3, 0.4) is 0 Å². The van der Waals surface area contributed by atoms with E-state index >= 15 is 0 Å². The minimum atomic E-state index is -1.13. The van der Waals surface area contributed by atoms with Crippen molar-refractivity contribution in [3.8, 4) is 0 Å². The van der Waals surface area contributed by atoms with E-state index < -0.39 is 11.9 Å². The number of hydrogen-bond acceptors (Lipinski definition) is 4. The molecule has 0 aliphatic carbocycles. The lowest BCUT2D eigenvalue weighted by Crippen LogP contribution is -2.11. The van der Waals surface area contributed by atoms with Crippen LogP contribution in [0.25, 0.3) is 5.52 Å². The minimum absolute atomic E-state index is 0.0654. The van der Waals surface area contributed by atoms with Gasteiger partial charge in [-0.05, 0) is 36.5 Å². The van der Waals surface area contributed by atoms with E-state index in [4.69, 9.17) is 5.11 Å². The standard InChI is InChI=1S/C14H14N2O4S/c17-13(18)9-1-4-16-10(7-9)11(14(19)20)15-12(16)8-2-5-21-6-3-8/h1,4,7-8H,2-3,5-6H2,(H,17,18)(H,19,20). The summed E-state index contributed by atoms with van der Waals surface area (Å²) in [6.07, 6.45) is 3.53. The lowest BCUT2D eigenvalue weighted by molar-refractivity contribution is 0.0682. The average molecular weight is 306 g/mol. The molecule has 1 aliphatic rings. The summed E-state index contributed by atoms with van der Waals surface area (Å²) in [6.45, 7) is 0. The molecule has 0 aromatic carbocycles. The molecule has 6 nitrogen and oxygen atoms in total. The number of aromatic carboxylic acids is 2. The first-order valence-corrected chi connectivity index (χ1v) is 7.79. The zero-order valence-corrected chi connectivity index (χ0v) is 12.0. The van der Waals surface area contributed by atoms with Crippen molar-refractivity contribution in [1.82, 2.24) is 9.38 Å². The van der Waals surface area contributed by atoms with E-state index in [1.54, 1.807) is 10.6 Å². The topological polar surface area (TPSA) is 91.9 Å². The number of fused-ring (bicyclic) bond motifs is 1. The molecule has 0 spiro atoms. The van der Waals surface area contributed by atoms with Crippen LogP contribution < -0.4 is 0 Å². The lowest BCUT2D eigenvalue weighted by atomic mass is 10.0. The molecule has 0 bridgehead atoms. The number of aromatic nitrogens is 2. The first kappa shape index (κ1) is 13.9. The largest absolute Gasteiger partial charge is 0.478 e. The molecule has 0 unspecified atom stereocenters. The molecule has 2 aromatic heterocycles. The van der Waals surface area contributed by atoms with Crippen LogP contribution in [0.5, 0.6) is 0 Å². The highest BCUT2D eigenvalue weighted by Crippen LogP contribution is 2.32. The van der Waals surface area contributed by atoms with Gasteiger partial charge >= 0.3 is 11.9 Å². The van der Waals surface area contributed by atoms with Gasteiger partial charge in [-0.25, -0.2) is 14.6 Å². The molecule has 1 aliphatic heterocycles. The number of carbonyl (C=O) groups is 2. The van der Waals surface area contributed by atoms with Gasteiger partial charge in [0, 0.05) is 12.1 Å². The van der Waals surface area contributed by atoms with Crippen molar-refractivity contribution in [3.05, 3.63) is 35.4 Å². The van der Waals surface area contributed by atoms with Crippen LogP contribution in [0.1, 0.15) is 45.4 Å². The van der Waals surface area contributed by atoms with Crippen LogP contribution in [0, 0.1) is 0 Å². The maximum absolute atomic E-state index is 11.4. The fraction of sp³-hybridized carbons (Fsp3) is 0.357. The van der Waals surface area contributed by atoms with Crippen LogP contribution in [-0.2, 0) is 0 Å². The second-order valence-electron chi connectivity index (χ2n) is 4.99.